The van der Waals surface area contributed by atoms with Crippen LogP contribution in [0.4, 0.5) is 5.69 Å². The van der Waals surface area contributed by atoms with Gasteiger partial charge in [-0.05, 0) is 49.9 Å². The molecule has 8 nitrogen and oxygen atoms in total. The summed E-state index contributed by atoms with van der Waals surface area (Å²) in [7, 11) is -3.36. The molecule has 1 atom stereocenters. The number of ether oxygens (including phenoxy) is 1. The summed E-state index contributed by atoms with van der Waals surface area (Å²) in [6.07, 6.45) is 4.59. The Kier molecular flexibility index (Phi) is 5.85. The van der Waals surface area contributed by atoms with Crippen LogP contribution in [0, 0.1) is 11.3 Å². The number of hydrogen-bond acceptors (Lipinski definition) is 6. The number of nitrogens with one attached hydrogen (secondary N) is 1. The number of esters is 1. The summed E-state index contributed by atoms with van der Waals surface area (Å²) < 4.78 is 30.2. The Balaban J connectivity index is 1.66. The summed E-state index contributed by atoms with van der Waals surface area (Å²) in [5.74, 6) is -1.16. The van der Waals surface area contributed by atoms with Crippen molar-refractivity contribution in [3.63, 3.8) is 0 Å². The average Bonchev–Trinajstić information content (AvgIpc) is 3.12. The minimum Gasteiger partial charge on any atom is -0.449 e. The topological polar surface area (TPSA) is 117 Å². The summed E-state index contributed by atoms with van der Waals surface area (Å²) in [6.45, 7) is 1.81. The van der Waals surface area contributed by atoms with Crippen molar-refractivity contribution in [3.8, 4) is 6.07 Å². The van der Waals surface area contributed by atoms with E-state index in [9.17, 15) is 23.3 Å². The van der Waals surface area contributed by atoms with Gasteiger partial charge in [-0.1, -0.05) is 19.3 Å². The van der Waals surface area contributed by atoms with E-state index in [4.69, 9.17) is 4.74 Å². The van der Waals surface area contributed by atoms with E-state index in [2.05, 4.69) is 11.4 Å². The quantitative estimate of drug-likeness (QED) is 0.729. The lowest BCUT2D eigenvalue weighted by Crippen LogP contribution is -2.52. The van der Waals surface area contributed by atoms with Crippen LogP contribution in [0.3, 0.4) is 0 Å². The normalized spacial score (nSPS) is 19.0. The lowest BCUT2D eigenvalue weighted by atomic mass is 9.83. The van der Waals surface area contributed by atoms with Crippen LogP contribution in [0.5, 0.6) is 0 Å². The van der Waals surface area contributed by atoms with E-state index in [0.717, 1.165) is 31.1 Å². The van der Waals surface area contributed by atoms with Crippen LogP contribution in [0.2, 0.25) is 0 Å². The van der Waals surface area contributed by atoms with Gasteiger partial charge in [0.05, 0.1) is 23.6 Å². The number of rotatable bonds is 5. The molecule has 156 valence electrons. The number of amides is 1. The number of fused-ring (bicyclic) bond motifs is 1. The Labute approximate surface area is 170 Å². The zero-order valence-corrected chi connectivity index (χ0v) is 17.4. The van der Waals surface area contributed by atoms with Gasteiger partial charge in [0.2, 0.25) is 10.0 Å². The van der Waals surface area contributed by atoms with E-state index >= 15 is 0 Å². The largest absolute Gasteiger partial charge is 0.449 e. The molecule has 3 rings (SSSR count). The Morgan fingerprint density at radius 2 is 1.97 bits per heavy atom. The van der Waals surface area contributed by atoms with Gasteiger partial charge in [0.25, 0.3) is 5.91 Å². The first-order valence-electron chi connectivity index (χ1n) is 9.70. The van der Waals surface area contributed by atoms with Crippen molar-refractivity contribution in [2.24, 2.45) is 0 Å². The highest BCUT2D eigenvalue weighted by atomic mass is 32.2. The van der Waals surface area contributed by atoms with E-state index in [0.29, 0.717) is 31.5 Å². The van der Waals surface area contributed by atoms with Crippen molar-refractivity contribution in [3.05, 3.63) is 29.3 Å². The van der Waals surface area contributed by atoms with Crippen LogP contribution in [0.25, 0.3) is 0 Å². The molecule has 0 unspecified atom stereocenters. The third-order valence-corrected chi connectivity index (χ3v) is 6.69. The minimum absolute atomic E-state index is 0.256. The van der Waals surface area contributed by atoms with E-state index in [-0.39, 0.29) is 5.56 Å². The summed E-state index contributed by atoms with van der Waals surface area (Å²) in [5, 5.41) is 12.2. The molecule has 0 bridgehead atoms. The average molecular weight is 420 g/mol. The number of benzene rings is 1. The maximum atomic E-state index is 12.5. The molecule has 0 spiro atoms. The van der Waals surface area contributed by atoms with Crippen molar-refractivity contribution in [2.75, 3.05) is 17.1 Å². The van der Waals surface area contributed by atoms with Crippen LogP contribution in [-0.2, 0) is 26.0 Å². The zero-order valence-electron chi connectivity index (χ0n) is 16.6. The lowest BCUT2D eigenvalue weighted by molar-refractivity contribution is -0.130. The van der Waals surface area contributed by atoms with Gasteiger partial charge in [0, 0.05) is 6.54 Å². The fraction of sp³-hybridized carbons (Fsp3) is 0.550. The smallest absolute Gasteiger partial charge is 0.338 e. The molecule has 2 aliphatic rings. The molecule has 9 heteroatoms. The van der Waals surface area contributed by atoms with Crippen LogP contribution in [0.15, 0.2) is 18.2 Å². The molecule has 1 heterocycles. The summed E-state index contributed by atoms with van der Waals surface area (Å²) in [4.78, 5) is 25.0. The molecule has 0 saturated heterocycles. The standard InChI is InChI=1S/C20H25N3O5S/c1-14(18(24)22-20(13-21)9-4-3-5-10-20)28-19(25)16-6-7-17-15(12-16)8-11-23(17)29(2,26)27/h6-7,12,14H,3-5,8-11H2,1-2H3,(H,22,24)/t14-/m0/s1. The molecule has 1 aliphatic heterocycles. The summed E-state index contributed by atoms with van der Waals surface area (Å²) >= 11 is 0. The lowest BCUT2D eigenvalue weighted by Gasteiger charge is -2.32. The molecule has 1 saturated carbocycles. The number of sulfonamides is 1. The molecule has 1 N–H and O–H groups in total. The van der Waals surface area contributed by atoms with Crippen molar-refractivity contribution in [1.29, 1.82) is 5.26 Å². The molecule has 1 aromatic carbocycles. The second-order valence-corrected chi connectivity index (χ2v) is 9.63. The Morgan fingerprint density at radius 1 is 1.28 bits per heavy atom. The number of carbonyl (C=O) groups is 2. The van der Waals surface area contributed by atoms with Crippen molar-refractivity contribution in [2.45, 2.75) is 57.1 Å². The highest BCUT2D eigenvalue weighted by Gasteiger charge is 2.35. The van der Waals surface area contributed by atoms with Gasteiger partial charge in [-0.25, -0.2) is 13.2 Å². The summed E-state index contributed by atoms with van der Waals surface area (Å²) in [5.41, 5.74) is 0.667. The Bertz CT molecular complexity index is 961. The molecule has 0 radical (unpaired) electrons. The Morgan fingerprint density at radius 3 is 2.59 bits per heavy atom. The SMILES string of the molecule is C[C@H](OC(=O)c1ccc2c(c1)CCN2S(C)(=O)=O)C(=O)NC1(C#N)CCCCC1. The van der Waals surface area contributed by atoms with Crippen LogP contribution in [0.1, 0.15) is 54.9 Å². The zero-order chi connectivity index (χ0) is 21.2. The molecular formula is C20H25N3O5S. The van der Waals surface area contributed by atoms with Crippen LogP contribution in [-0.4, -0.2) is 44.7 Å². The third kappa shape index (κ3) is 4.53. The van der Waals surface area contributed by atoms with Crippen LogP contribution < -0.4 is 9.62 Å². The van der Waals surface area contributed by atoms with Gasteiger partial charge in [-0.3, -0.25) is 9.10 Å². The van der Waals surface area contributed by atoms with E-state index in [1.807, 2.05) is 0 Å². The summed E-state index contributed by atoms with van der Waals surface area (Å²) in [6, 6.07) is 6.88. The maximum absolute atomic E-state index is 12.5. The van der Waals surface area contributed by atoms with E-state index < -0.39 is 33.5 Å². The Hall–Kier alpha value is -2.60. The predicted molar refractivity (Wildman–Crippen MR) is 107 cm³/mol. The first kappa shape index (κ1) is 21.1. The number of hydrogen-bond donors (Lipinski definition) is 1. The first-order valence-corrected chi connectivity index (χ1v) is 11.5. The number of nitrogens with zero attached hydrogens (tertiary/aromatic N) is 2. The number of anilines is 1. The number of nitriles is 1. The third-order valence-electron chi connectivity index (χ3n) is 5.51. The van der Waals surface area contributed by atoms with Gasteiger partial charge in [-0.15, -0.1) is 0 Å². The van der Waals surface area contributed by atoms with Gasteiger partial charge in [-0.2, -0.15) is 5.26 Å². The fourth-order valence-electron chi connectivity index (χ4n) is 3.88. The predicted octanol–water partition coefficient (Wildman–Crippen LogP) is 1.90. The molecule has 0 aromatic heterocycles. The van der Waals surface area contributed by atoms with Gasteiger partial charge in [0.15, 0.2) is 6.10 Å². The van der Waals surface area contributed by atoms with Crippen molar-refractivity contribution >= 4 is 27.6 Å². The minimum atomic E-state index is -3.36. The molecule has 29 heavy (non-hydrogen) atoms. The van der Waals surface area contributed by atoms with Gasteiger partial charge < -0.3 is 10.1 Å². The maximum Gasteiger partial charge on any atom is 0.338 e. The monoisotopic (exact) mass is 419 g/mol. The molecule has 1 fully saturated rings. The second kappa shape index (κ2) is 8.03. The van der Waals surface area contributed by atoms with E-state index in [1.54, 1.807) is 12.1 Å². The van der Waals surface area contributed by atoms with Gasteiger partial charge in [0.1, 0.15) is 5.54 Å². The van der Waals surface area contributed by atoms with E-state index in [1.165, 1.54) is 17.3 Å². The van der Waals surface area contributed by atoms with Crippen molar-refractivity contribution < 1.29 is 22.7 Å². The molecule has 1 aromatic rings. The fourth-order valence-corrected chi connectivity index (χ4v) is 4.84. The van der Waals surface area contributed by atoms with Crippen molar-refractivity contribution in [1.82, 2.24) is 5.32 Å². The number of carbonyl (C=O) groups excluding carboxylic acids is 2. The molecule has 1 amide bonds. The highest BCUT2D eigenvalue weighted by molar-refractivity contribution is 7.92. The second-order valence-electron chi connectivity index (χ2n) is 7.72. The molecule has 1 aliphatic carbocycles. The highest BCUT2D eigenvalue weighted by Crippen LogP contribution is 2.31. The van der Waals surface area contributed by atoms with Crippen LogP contribution >= 0.6 is 0 Å². The molecular weight excluding hydrogens is 394 g/mol. The van der Waals surface area contributed by atoms with Gasteiger partial charge >= 0.3 is 5.97 Å². The first-order chi connectivity index (χ1) is 13.6.